The van der Waals surface area contributed by atoms with E-state index in [1.54, 1.807) is 38.1 Å². The second kappa shape index (κ2) is 8.75. The van der Waals surface area contributed by atoms with Crippen molar-refractivity contribution in [2.24, 2.45) is 11.7 Å². The number of benzene rings is 1. The molecule has 0 aliphatic carbocycles. The van der Waals surface area contributed by atoms with Crippen LogP contribution in [0.15, 0.2) is 29.2 Å². The average Bonchev–Trinajstić information content (AvgIpc) is 2.90. The highest BCUT2D eigenvalue weighted by Gasteiger charge is 2.31. The van der Waals surface area contributed by atoms with Gasteiger partial charge in [0, 0.05) is 10.1 Å². The SMILES string of the molecule is CC(C)[C@@H](OC(=O)c1ccccc1S[C@H]1CCS(=O)(=O)C1)C(=O)NC(N)=O. The van der Waals surface area contributed by atoms with Crippen molar-refractivity contribution >= 4 is 39.5 Å². The first-order valence-electron chi connectivity index (χ1n) is 8.36. The number of rotatable bonds is 6. The quantitative estimate of drug-likeness (QED) is 0.671. The minimum atomic E-state index is -3.04. The molecule has 1 aromatic carbocycles. The number of hydrogen-bond acceptors (Lipinski definition) is 7. The molecule has 1 heterocycles. The molecule has 1 aliphatic rings. The first-order valence-corrected chi connectivity index (χ1v) is 11.1. The molecule has 2 atom stereocenters. The summed E-state index contributed by atoms with van der Waals surface area (Å²) in [6.45, 7) is 3.34. The zero-order chi connectivity index (χ0) is 20.2. The van der Waals surface area contributed by atoms with Gasteiger partial charge in [-0.05, 0) is 24.5 Å². The van der Waals surface area contributed by atoms with Crippen LogP contribution in [0.4, 0.5) is 4.79 Å². The zero-order valence-electron chi connectivity index (χ0n) is 15.0. The molecule has 0 aromatic heterocycles. The summed E-state index contributed by atoms with van der Waals surface area (Å²) >= 11 is 1.31. The molecule has 3 amide bonds. The Morgan fingerprint density at radius 2 is 1.93 bits per heavy atom. The standard InChI is InChI=1S/C17H22N2O6S2/c1-10(2)14(15(20)19-17(18)22)25-16(21)12-5-3-4-6-13(12)26-11-7-8-27(23,24)9-11/h3-6,10-11,14H,7-9H2,1-2H3,(H3,18,19,20,22)/t11-,14+/m0/s1. The summed E-state index contributed by atoms with van der Waals surface area (Å²) in [4.78, 5) is 36.1. The maximum Gasteiger partial charge on any atom is 0.340 e. The molecule has 2 rings (SSSR count). The van der Waals surface area contributed by atoms with Crippen molar-refractivity contribution in [1.29, 1.82) is 0 Å². The second-order valence-electron chi connectivity index (χ2n) is 6.56. The van der Waals surface area contributed by atoms with E-state index in [1.807, 2.05) is 5.32 Å². The van der Waals surface area contributed by atoms with Crippen LogP contribution in [0, 0.1) is 5.92 Å². The van der Waals surface area contributed by atoms with Gasteiger partial charge in [-0.25, -0.2) is 18.0 Å². The first-order chi connectivity index (χ1) is 12.6. The van der Waals surface area contributed by atoms with E-state index in [-0.39, 0.29) is 28.2 Å². The highest BCUT2D eigenvalue weighted by molar-refractivity contribution is 8.02. The molecule has 10 heteroatoms. The number of nitrogens with one attached hydrogen (secondary N) is 1. The number of thioether (sulfide) groups is 1. The largest absolute Gasteiger partial charge is 0.448 e. The molecule has 1 aliphatic heterocycles. The normalized spacial score (nSPS) is 19.4. The lowest BCUT2D eigenvalue weighted by molar-refractivity contribution is -0.130. The maximum atomic E-state index is 12.6. The fourth-order valence-corrected chi connectivity index (χ4v) is 6.25. The van der Waals surface area contributed by atoms with Crippen LogP contribution < -0.4 is 11.1 Å². The van der Waals surface area contributed by atoms with Crippen molar-refractivity contribution in [2.45, 2.75) is 36.5 Å². The van der Waals surface area contributed by atoms with Gasteiger partial charge in [-0.15, -0.1) is 11.8 Å². The van der Waals surface area contributed by atoms with E-state index >= 15 is 0 Å². The minimum absolute atomic E-state index is 0.0662. The molecular formula is C17H22N2O6S2. The number of sulfone groups is 1. The van der Waals surface area contributed by atoms with Crippen LogP contribution in [0.25, 0.3) is 0 Å². The van der Waals surface area contributed by atoms with Gasteiger partial charge >= 0.3 is 12.0 Å². The summed E-state index contributed by atoms with van der Waals surface area (Å²) in [7, 11) is -3.04. The topological polar surface area (TPSA) is 133 Å². The van der Waals surface area contributed by atoms with Crippen molar-refractivity contribution in [1.82, 2.24) is 5.32 Å². The van der Waals surface area contributed by atoms with Gasteiger partial charge in [-0.2, -0.15) is 0 Å². The van der Waals surface area contributed by atoms with Crippen LogP contribution in [0.3, 0.4) is 0 Å². The Kier molecular flexibility index (Phi) is 6.88. The van der Waals surface area contributed by atoms with Crippen molar-refractivity contribution in [2.75, 3.05) is 11.5 Å². The average molecular weight is 415 g/mol. The minimum Gasteiger partial charge on any atom is -0.448 e. The van der Waals surface area contributed by atoms with Crippen molar-refractivity contribution in [3.63, 3.8) is 0 Å². The number of carbonyl (C=O) groups is 3. The fraction of sp³-hybridized carbons (Fsp3) is 0.471. The van der Waals surface area contributed by atoms with E-state index in [0.29, 0.717) is 11.3 Å². The predicted molar refractivity (Wildman–Crippen MR) is 101 cm³/mol. The number of esters is 1. The van der Waals surface area contributed by atoms with Crippen LogP contribution >= 0.6 is 11.8 Å². The lowest BCUT2D eigenvalue weighted by Crippen LogP contribution is -2.45. The van der Waals surface area contributed by atoms with Crippen molar-refractivity contribution < 1.29 is 27.5 Å². The van der Waals surface area contributed by atoms with E-state index in [4.69, 9.17) is 10.5 Å². The van der Waals surface area contributed by atoms with E-state index in [1.165, 1.54) is 11.8 Å². The number of ether oxygens (including phenoxy) is 1. The predicted octanol–water partition coefficient (Wildman–Crippen LogP) is 1.34. The number of amides is 3. The van der Waals surface area contributed by atoms with Crippen LogP contribution in [-0.2, 0) is 19.4 Å². The van der Waals surface area contributed by atoms with Crippen LogP contribution in [0.2, 0.25) is 0 Å². The maximum absolute atomic E-state index is 12.6. The van der Waals surface area contributed by atoms with Crippen LogP contribution in [0.1, 0.15) is 30.6 Å². The third-order valence-electron chi connectivity index (χ3n) is 3.94. The number of urea groups is 1. The van der Waals surface area contributed by atoms with E-state index in [0.717, 1.165) is 0 Å². The highest BCUT2D eigenvalue weighted by atomic mass is 32.2. The highest BCUT2D eigenvalue weighted by Crippen LogP contribution is 2.33. The summed E-state index contributed by atoms with van der Waals surface area (Å²) in [6.07, 6.45) is -0.665. The Morgan fingerprint density at radius 1 is 1.26 bits per heavy atom. The van der Waals surface area contributed by atoms with Crippen molar-refractivity contribution in [3.05, 3.63) is 29.8 Å². The van der Waals surface area contributed by atoms with Gasteiger partial charge in [0.2, 0.25) is 0 Å². The molecule has 1 saturated heterocycles. The van der Waals surface area contributed by atoms with Gasteiger partial charge in [0.15, 0.2) is 15.9 Å². The number of carbonyl (C=O) groups excluding carboxylic acids is 3. The molecule has 27 heavy (non-hydrogen) atoms. The number of imide groups is 1. The Morgan fingerprint density at radius 3 is 2.48 bits per heavy atom. The molecule has 0 unspecified atom stereocenters. The van der Waals surface area contributed by atoms with Gasteiger partial charge in [-0.3, -0.25) is 10.1 Å². The molecule has 1 fully saturated rings. The third kappa shape index (κ3) is 5.96. The van der Waals surface area contributed by atoms with E-state index in [9.17, 15) is 22.8 Å². The summed E-state index contributed by atoms with van der Waals surface area (Å²) in [5, 5.41) is 1.78. The fourth-order valence-electron chi connectivity index (χ4n) is 2.64. The third-order valence-corrected chi connectivity index (χ3v) is 7.26. The molecule has 0 spiro atoms. The summed E-state index contributed by atoms with van der Waals surface area (Å²) in [6, 6.07) is 5.62. The molecule has 3 N–H and O–H groups in total. The lowest BCUT2D eigenvalue weighted by atomic mass is 10.1. The molecule has 1 aromatic rings. The lowest BCUT2D eigenvalue weighted by Gasteiger charge is -2.20. The Hall–Kier alpha value is -2.07. The van der Waals surface area contributed by atoms with Gasteiger partial charge in [-0.1, -0.05) is 26.0 Å². The van der Waals surface area contributed by atoms with Crippen LogP contribution in [-0.4, -0.2) is 49.2 Å². The number of hydrogen-bond donors (Lipinski definition) is 2. The smallest absolute Gasteiger partial charge is 0.340 e. The summed E-state index contributed by atoms with van der Waals surface area (Å²) < 4.78 is 28.6. The molecular weight excluding hydrogens is 392 g/mol. The monoisotopic (exact) mass is 414 g/mol. The molecule has 8 nitrogen and oxygen atoms in total. The van der Waals surface area contributed by atoms with E-state index in [2.05, 4.69) is 0 Å². The first kappa shape index (κ1) is 21.2. The van der Waals surface area contributed by atoms with E-state index < -0.39 is 33.8 Å². The van der Waals surface area contributed by atoms with Gasteiger partial charge in [0.05, 0.1) is 17.1 Å². The van der Waals surface area contributed by atoms with Crippen LogP contribution in [0.5, 0.6) is 0 Å². The van der Waals surface area contributed by atoms with Crippen molar-refractivity contribution in [3.8, 4) is 0 Å². The molecule has 0 saturated carbocycles. The summed E-state index contributed by atoms with van der Waals surface area (Å²) in [5.74, 6) is -1.69. The number of nitrogens with two attached hydrogens (primary N) is 1. The summed E-state index contributed by atoms with van der Waals surface area (Å²) in [5.41, 5.74) is 5.19. The van der Waals surface area contributed by atoms with Gasteiger partial charge in [0.1, 0.15) is 0 Å². The Labute approximate surface area is 162 Å². The number of primary amides is 1. The van der Waals surface area contributed by atoms with Gasteiger partial charge in [0.25, 0.3) is 5.91 Å². The van der Waals surface area contributed by atoms with Gasteiger partial charge < -0.3 is 10.5 Å². The Balaban J connectivity index is 2.16. The second-order valence-corrected chi connectivity index (χ2v) is 10.1. The molecule has 0 bridgehead atoms. The Bertz CT molecular complexity index is 838. The molecule has 148 valence electrons. The molecule has 0 radical (unpaired) electrons. The zero-order valence-corrected chi connectivity index (χ0v) is 16.6.